The summed E-state index contributed by atoms with van der Waals surface area (Å²) >= 11 is 1.28. The second-order valence-electron chi connectivity index (χ2n) is 7.45. The van der Waals surface area contributed by atoms with E-state index in [1.165, 1.54) is 16.7 Å². The third kappa shape index (κ3) is 5.47. The maximum absolute atomic E-state index is 12.6. The van der Waals surface area contributed by atoms with Gasteiger partial charge < -0.3 is 19.5 Å². The molecule has 0 aliphatic rings. The number of likely N-dealkylation sites (N-methyl/N-ethyl adjacent to an activating group) is 1. The van der Waals surface area contributed by atoms with Gasteiger partial charge in [0, 0.05) is 25.3 Å². The van der Waals surface area contributed by atoms with Crippen LogP contribution in [0.15, 0.2) is 47.6 Å². The molecule has 0 aliphatic carbocycles. The second-order valence-corrected chi connectivity index (χ2v) is 8.39. The fourth-order valence-corrected chi connectivity index (χ4v) is 4.01. The van der Waals surface area contributed by atoms with Crippen LogP contribution < -0.4 is 10.1 Å². The van der Waals surface area contributed by atoms with Crippen LogP contribution in [-0.4, -0.2) is 57.9 Å². The summed E-state index contributed by atoms with van der Waals surface area (Å²) < 4.78 is 7.02. The number of aromatic nitrogens is 3. The first-order valence-electron chi connectivity index (χ1n) is 10.1. The molecule has 9 heteroatoms. The third-order valence-corrected chi connectivity index (χ3v) is 6.06. The van der Waals surface area contributed by atoms with E-state index < -0.39 is 0 Å². The van der Waals surface area contributed by atoms with Crippen LogP contribution in [0.5, 0.6) is 5.75 Å². The van der Waals surface area contributed by atoms with Crippen molar-refractivity contribution < 1.29 is 14.3 Å². The average Bonchev–Trinajstić information content (AvgIpc) is 3.15. The van der Waals surface area contributed by atoms with E-state index in [2.05, 4.69) is 15.5 Å². The number of nitrogens with zero attached hydrogens (tertiary/aromatic N) is 4. The summed E-state index contributed by atoms with van der Waals surface area (Å²) in [7, 11) is 5.09. The molecule has 0 aliphatic heterocycles. The number of hydrogen-bond acceptors (Lipinski definition) is 6. The number of thioether (sulfide) groups is 1. The van der Waals surface area contributed by atoms with Gasteiger partial charge in [0.1, 0.15) is 5.75 Å². The number of aryl methyl sites for hydroxylation is 2. The zero-order valence-electron chi connectivity index (χ0n) is 18.9. The zero-order chi connectivity index (χ0) is 23.3. The SMILES string of the molecule is COc1ccc(-c2nnc(SCC(=O)N(C)CC(=O)Nc3c(C)cccc3C)n2C)cc1. The minimum atomic E-state index is -0.233. The van der Waals surface area contributed by atoms with E-state index in [4.69, 9.17) is 4.74 Å². The van der Waals surface area contributed by atoms with Gasteiger partial charge in [-0.15, -0.1) is 10.2 Å². The van der Waals surface area contributed by atoms with Crippen LogP contribution in [0.4, 0.5) is 5.69 Å². The lowest BCUT2D eigenvalue weighted by Gasteiger charge is -2.18. The highest BCUT2D eigenvalue weighted by atomic mass is 32.2. The Morgan fingerprint density at radius 2 is 1.75 bits per heavy atom. The van der Waals surface area contributed by atoms with Crippen molar-refractivity contribution in [1.82, 2.24) is 19.7 Å². The molecule has 0 atom stereocenters. The molecule has 0 bridgehead atoms. The molecule has 0 saturated carbocycles. The molecule has 3 aromatic rings. The highest BCUT2D eigenvalue weighted by molar-refractivity contribution is 7.99. The number of para-hydroxylation sites is 1. The van der Waals surface area contributed by atoms with Crippen molar-refractivity contribution in [3.63, 3.8) is 0 Å². The molecule has 2 amide bonds. The predicted molar refractivity (Wildman–Crippen MR) is 126 cm³/mol. The van der Waals surface area contributed by atoms with Crippen LogP contribution in [0.3, 0.4) is 0 Å². The molecular formula is C23H27N5O3S. The van der Waals surface area contributed by atoms with Crippen molar-refractivity contribution in [3.05, 3.63) is 53.6 Å². The van der Waals surface area contributed by atoms with Crippen molar-refractivity contribution in [1.29, 1.82) is 0 Å². The zero-order valence-corrected chi connectivity index (χ0v) is 19.7. The highest BCUT2D eigenvalue weighted by Crippen LogP contribution is 2.24. The van der Waals surface area contributed by atoms with E-state index in [1.54, 1.807) is 14.2 Å². The van der Waals surface area contributed by atoms with Gasteiger partial charge in [0.05, 0.1) is 19.4 Å². The van der Waals surface area contributed by atoms with E-state index in [9.17, 15) is 9.59 Å². The molecule has 0 fully saturated rings. The molecule has 1 N–H and O–H groups in total. The van der Waals surface area contributed by atoms with E-state index in [0.29, 0.717) is 11.0 Å². The number of amides is 2. The van der Waals surface area contributed by atoms with Gasteiger partial charge in [-0.25, -0.2) is 0 Å². The van der Waals surface area contributed by atoms with Gasteiger partial charge in [0.2, 0.25) is 11.8 Å². The van der Waals surface area contributed by atoms with Crippen molar-refractivity contribution in [3.8, 4) is 17.1 Å². The molecule has 0 saturated heterocycles. The monoisotopic (exact) mass is 453 g/mol. The van der Waals surface area contributed by atoms with Crippen LogP contribution in [-0.2, 0) is 16.6 Å². The van der Waals surface area contributed by atoms with E-state index in [1.807, 2.05) is 67.9 Å². The minimum Gasteiger partial charge on any atom is -0.497 e. The largest absolute Gasteiger partial charge is 0.497 e. The standard InChI is InChI=1S/C23H27N5O3S/c1-15-7-6-8-16(2)21(15)24-19(29)13-27(3)20(30)14-32-23-26-25-22(28(23)4)17-9-11-18(31-5)12-10-17/h6-12H,13-14H2,1-5H3,(H,24,29). The maximum atomic E-state index is 12.6. The number of ether oxygens (including phenoxy) is 1. The van der Waals surface area contributed by atoms with Crippen LogP contribution in [0.2, 0.25) is 0 Å². The Labute approximate surface area is 192 Å². The Kier molecular flexibility index (Phi) is 7.53. The minimum absolute atomic E-state index is 0.0247. The topological polar surface area (TPSA) is 89.4 Å². The fourth-order valence-electron chi connectivity index (χ4n) is 3.16. The van der Waals surface area contributed by atoms with Gasteiger partial charge in [-0.2, -0.15) is 0 Å². The Morgan fingerprint density at radius 1 is 1.09 bits per heavy atom. The van der Waals surface area contributed by atoms with Gasteiger partial charge in [0.15, 0.2) is 11.0 Å². The average molecular weight is 454 g/mol. The molecule has 8 nitrogen and oxygen atoms in total. The Hall–Kier alpha value is -3.33. The van der Waals surface area contributed by atoms with Crippen LogP contribution in [0, 0.1) is 13.8 Å². The Bertz CT molecular complexity index is 1090. The summed E-state index contributed by atoms with van der Waals surface area (Å²) in [4.78, 5) is 26.4. The molecule has 32 heavy (non-hydrogen) atoms. The van der Waals surface area contributed by atoms with E-state index in [-0.39, 0.29) is 24.1 Å². The third-order valence-electron chi connectivity index (χ3n) is 5.06. The first-order chi connectivity index (χ1) is 15.3. The summed E-state index contributed by atoms with van der Waals surface area (Å²) in [6.45, 7) is 3.85. The number of rotatable bonds is 8. The number of methoxy groups -OCH3 is 1. The lowest BCUT2D eigenvalue weighted by Crippen LogP contribution is -2.36. The van der Waals surface area contributed by atoms with Crippen LogP contribution in [0.1, 0.15) is 11.1 Å². The molecule has 168 valence electrons. The molecule has 1 aromatic heterocycles. The first kappa shape index (κ1) is 23.3. The molecule has 0 unspecified atom stereocenters. The number of anilines is 1. The number of hydrogen-bond donors (Lipinski definition) is 1. The lowest BCUT2D eigenvalue weighted by atomic mass is 10.1. The summed E-state index contributed by atoms with van der Waals surface area (Å²) in [5.41, 5.74) is 3.66. The van der Waals surface area contributed by atoms with E-state index >= 15 is 0 Å². The predicted octanol–water partition coefficient (Wildman–Crippen LogP) is 3.30. The summed E-state index contributed by atoms with van der Waals surface area (Å²) in [6.07, 6.45) is 0. The second kappa shape index (κ2) is 10.3. The van der Waals surface area contributed by atoms with Crippen LogP contribution in [0.25, 0.3) is 11.4 Å². The van der Waals surface area contributed by atoms with Gasteiger partial charge in [-0.05, 0) is 49.2 Å². The number of carbonyl (C=O) groups excluding carboxylic acids is 2. The lowest BCUT2D eigenvalue weighted by molar-refractivity contribution is -0.131. The Balaban J connectivity index is 1.56. The van der Waals surface area contributed by atoms with Crippen molar-refractivity contribution in [2.24, 2.45) is 7.05 Å². The number of benzene rings is 2. The normalized spacial score (nSPS) is 10.7. The van der Waals surface area contributed by atoms with Crippen molar-refractivity contribution >= 4 is 29.3 Å². The molecular weight excluding hydrogens is 426 g/mol. The van der Waals surface area contributed by atoms with Crippen LogP contribution >= 0.6 is 11.8 Å². The summed E-state index contributed by atoms with van der Waals surface area (Å²) in [5, 5.41) is 12.0. The first-order valence-corrected chi connectivity index (χ1v) is 11.1. The van der Waals surface area contributed by atoms with Gasteiger partial charge in [-0.3, -0.25) is 9.59 Å². The van der Waals surface area contributed by atoms with Gasteiger partial charge in [-0.1, -0.05) is 30.0 Å². The fraction of sp³-hybridized carbons (Fsp3) is 0.304. The smallest absolute Gasteiger partial charge is 0.243 e. The number of nitrogens with one attached hydrogen (secondary N) is 1. The molecule has 1 heterocycles. The molecule has 0 spiro atoms. The molecule has 2 aromatic carbocycles. The van der Waals surface area contributed by atoms with Gasteiger partial charge >= 0.3 is 0 Å². The number of carbonyl (C=O) groups is 2. The maximum Gasteiger partial charge on any atom is 0.243 e. The Morgan fingerprint density at radius 3 is 2.38 bits per heavy atom. The molecule has 3 rings (SSSR count). The van der Waals surface area contributed by atoms with E-state index in [0.717, 1.165) is 28.1 Å². The van der Waals surface area contributed by atoms with Crippen molar-refractivity contribution in [2.45, 2.75) is 19.0 Å². The highest BCUT2D eigenvalue weighted by Gasteiger charge is 2.17. The van der Waals surface area contributed by atoms with Crippen molar-refractivity contribution in [2.75, 3.05) is 31.8 Å². The summed E-state index contributed by atoms with van der Waals surface area (Å²) in [6, 6.07) is 13.4. The molecule has 0 radical (unpaired) electrons. The van der Waals surface area contributed by atoms with Gasteiger partial charge in [0.25, 0.3) is 0 Å². The quantitative estimate of drug-likeness (QED) is 0.527. The summed E-state index contributed by atoms with van der Waals surface area (Å²) in [5.74, 6) is 1.22.